The van der Waals surface area contributed by atoms with E-state index in [-0.39, 0.29) is 0 Å². The summed E-state index contributed by atoms with van der Waals surface area (Å²) in [6.07, 6.45) is 14.7. The van der Waals surface area contributed by atoms with Crippen molar-refractivity contribution in [1.29, 1.82) is 0 Å². The van der Waals surface area contributed by atoms with Gasteiger partial charge in [-0.3, -0.25) is 14.0 Å². The number of nitrogens with zero attached hydrogens (tertiary/aromatic N) is 6. The summed E-state index contributed by atoms with van der Waals surface area (Å²) < 4.78 is 6.11. The largest absolute Gasteiger partial charge is 0.268 e. The van der Waals surface area contributed by atoms with Gasteiger partial charge in [-0.15, -0.1) is 0 Å². The molecule has 1 aromatic carbocycles. The van der Waals surface area contributed by atoms with Gasteiger partial charge in [0.15, 0.2) is 0 Å². The minimum absolute atomic E-state index is 0.793. The van der Waals surface area contributed by atoms with E-state index >= 15 is 0 Å². The van der Waals surface area contributed by atoms with Crippen LogP contribution in [0.1, 0.15) is 54.2 Å². The number of rotatable bonds is 9. The SMILES string of the molecule is CCc1c(Cn2cccn2)c(CC)c(Cn2cccn2)c(CC)c1Cn1cccn1. The van der Waals surface area contributed by atoms with Gasteiger partial charge < -0.3 is 0 Å². The quantitative estimate of drug-likeness (QED) is 0.423. The highest BCUT2D eigenvalue weighted by Crippen LogP contribution is 2.32. The molecule has 0 aliphatic heterocycles. The third kappa shape index (κ3) is 3.95. The number of benzene rings is 1. The van der Waals surface area contributed by atoms with E-state index in [4.69, 9.17) is 0 Å². The smallest absolute Gasteiger partial charge is 0.0664 e. The third-order valence-corrected chi connectivity index (χ3v) is 5.88. The van der Waals surface area contributed by atoms with Crippen LogP contribution < -0.4 is 0 Å². The fourth-order valence-electron chi connectivity index (χ4n) is 4.61. The van der Waals surface area contributed by atoms with Crippen LogP contribution in [0.4, 0.5) is 0 Å². The lowest BCUT2D eigenvalue weighted by molar-refractivity contribution is 0.637. The molecule has 0 bridgehead atoms. The molecule has 3 heterocycles. The summed E-state index contributed by atoms with van der Waals surface area (Å²) in [5, 5.41) is 13.5. The predicted octanol–water partition coefficient (Wildman–Crippen LogP) is 4.11. The Bertz CT molecular complexity index is 900. The molecule has 0 fully saturated rings. The maximum atomic E-state index is 4.50. The van der Waals surface area contributed by atoms with Gasteiger partial charge >= 0.3 is 0 Å². The van der Waals surface area contributed by atoms with Crippen molar-refractivity contribution in [3.05, 3.63) is 88.8 Å². The lowest BCUT2D eigenvalue weighted by atomic mass is 9.83. The van der Waals surface area contributed by atoms with Crippen molar-refractivity contribution in [3.8, 4) is 0 Å². The van der Waals surface area contributed by atoms with Crippen LogP contribution in [-0.2, 0) is 38.9 Å². The number of hydrogen-bond acceptors (Lipinski definition) is 3. The molecule has 0 aliphatic carbocycles. The van der Waals surface area contributed by atoms with Gasteiger partial charge in [0.1, 0.15) is 0 Å². The van der Waals surface area contributed by atoms with E-state index in [1.165, 1.54) is 33.4 Å². The van der Waals surface area contributed by atoms with Crippen molar-refractivity contribution in [1.82, 2.24) is 29.3 Å². The molecule has 0 unspecified atom stereocenters. The second-order valence-electron chi connectivity index (χ2n) is 7.54. The second kappa shape index (κ2) is 9.11. The molecule has 0 amide bonds. The molecule has 156 valence electrons. The van der Waals surface area contributed by atoms with E-state index in [2.05, 4.69) is 36.1 Å². The average Bonchev–Trinajstić information content (AvgIpc) is 3.53. The zero-order chi connectivity index (χ0) is 20.9. The van der Waals surface area contributed by atoms with Gasteiger partial charge in [-0.25, -0.2) is 0 Å². The standard InChI is InChI=1S/C24H30N6/c1-4-19-22(16-28-13-7-10-25-28)20(5-2)24(18-30-15-9-12-27-30)21(6-3)23(19)17-29-14-8-11-26-29/h7-15H,4-6,16-18H2,1-3H3. The van der Waals surface area contributed by atoms with Crippen molar-refractivity contribution >= 4 is 0 Å². The van der Waals surface area contributed by atoms with Crippen molar-refractivity contribution in [3.63, 3.8) is 0 Å². The number of hydrogen-bond donors (Lipinski definition) is 0. The molecule has 0 atom stereocenters. The molecule has 0 saturated heterocycles. The van der Waals surface area contributed by atoms with Crippen molar-refractivity contribution in [2.45, 2.75) is 59.7 Å². The first-order valence-electron chi connectivity index (χ1n) is 10.8. The topological polar surface area (TPSA) is 53.5 Å². The Morgan fingerprint density at radius 1 is 0.500 bits per heavy atom. The second-order valence-corrected chi connectivity index (χ2v) is 7.54. The lowest BCUT2D eigenvalue weighted by Gasteiger charge is -2.26. The molecule has 6 heteroatoms. The van der Waals surface area contributed by atoms with Gasteiger partial charge in [0.05, 0.1) is 19.6 Å². The van der Waals surface area contributed by atoms with Gasteiger partial charge in [0.2, 0.25) is 0 Å². The van der Waals surface area contributed by atoms with Crippen molar-refractivity contribution < 1.29 is 0 Å². The Balaban J connectivity index is 1.94. The highest BCUT2D eigenvalue weighted by molar-refractivity contribution is 5.53. The van der Waals surface area contributed by atoms with Crippen LogP contribution in [0, 0.1) is 0 Å². The van der Waals surface area contributed by atoms with Crippen LogP contribution in [0.5, 0.6) is 0 Å². The fraction of sp³-hybridized carbons (Fsp3) is 0.375. The molecule has 0 saturated carbocycles. The molecular formula is C24H30N6. The van der Waals surface area contributed by atoms with E-state index in [0.717, 1.165) is 38.9 Å². The third-order valence-electron chi connectivity index (χ3n) is 5.88. The van der Waals surface area contributed by atoms with Gasteiger partial charge in [0, 0.05) is 37.2 Å². The maximum absolute atomic E-state index is 4.50. The van der Waals surface area contributed by atoms with E-state index < -0.39 is 0 Å². The average molecular weight is 403 g/mol. The van der Waals surface area contributed by atoms with E-state index in [9.17, 15) is 0 Å². The molecular weight excluding hydrogens is 372 g/mol. The van der Waals surface area contributed by atoms with Gasteiger partial charge in [-0.2, -0.15) is 15.3 Å². The summed E-state index contributed by atoms with van der Waals surface area (Å²) in [6.45, 7) is 9.17. The van der Waals surface area contributed by atoms with Gasteiger partial charge in [-0.05, 0) is 70.8 Å². The Kier molecular flexibility index (Phi) is 6.12. The van der Waals surface area contributed by atoms with Gasteiger partial charge in [-0.1, -0.05) is 20.8 Å². The number of aromatic nitrogens is 6. The van der Waals surface area contributed by atoms with Crippen LogP contribution in [0.25, 0.3) is 0 Å². The molecule has 0 spiro atoms. The van der Waals surface area contributed by atoms with Crippen LogP contribution in [0.3, 0.4) is 0 Å². The fourth-order valence-corrected chi connectivity index (χ4v) is 4.61. The lowest BCUT2D eigenvalue weighted by Crippen LogP contribution is -2.19. The molecule has 4 aromatic rings. The van der Waals surface area contributed by atoms with Crippen LogP contribution in [0.15, 0.2) is 55.4 Å². The van der Waals surface area contributed by atoms with Crippen molar-refractivity contribution in [2.24, 2.45) is 0 Å². The molecule has 3 aromatic heterocycles. The molecule has 0 aliphatic rings. The van der Waals surface area contributed by atoms with Crippen LogP contribution in [0.2, 0.25) is 0 Å². The van der Waals surface area contributed by atoms with E-state index in [1.54, 1.807) is 0 Å². The first-order chi connectivity index (χ1) is 14.7. The van der Waals surface area contributed by atoms with E-state index in [1.807, 2.05) is 69.4 Å². The zero-order valence-corrected chi connectivity index (χ0v) is 18.1. The highest BCUT2D eigenvalue weighted by Gasteiger charge is 2.22. The Hall–Kier alpha value is -3.15. The Morgan fingerprint density at radius 3 is 1.00 bits per heavy atom. The Morgan fingerprint density at radius 2 is 0.800 bits per heavy atom. The normalized spacial score (nSPS) is 11.3. The summed E-state index contributed by atoms with van der Waals surface area (Å²) in [5.74, 6) is 0. The molecule has 0 radical (unpaired) electrons. The highest BCUT2D eigenvalue weighted by atomic mass is 15.3. The van der Waals surface area contributed by atoms with Gasteiger partial charge in [0.25, 0.3) is 0 Å². The zero-order valence-electron chi connectivity index (χ0n) is 18.1. The maximum Gasteiger partial charge on any atom is 0.0664 e. The summed E-state index contributed by atoms with van der Waals surface area (Å²) >= 11 is 0. The minimum atomic E-state index is 0.793. The van der Waals surface area contributed by atoms with Crippen molar-refractivity contribution in [2.75, 3.05) is 0 Å². The first kappa shape index (κ1) is 20.1. The van der Waals surface area contributed by atoms with Crippen LogP contribution in [-0.4, -0.2) is 29.3 Å². The monoisotopic (exact) mass is 402 g/mol. The summed E-state index contributed by atoms with van der Waals surface area (Å²) in [6, 6.07) is 5.98. The molecule has 6 nitrogen and oxygen atoms in total. The summed E-state index contributed by atoms with van der Waals surface area (Å²) in [4.78, 5) is 0. The first-order valence-corrected chi connectivity index (χ1v) is 10.8. The van der Waals surface area contributed by atoms with Crippen LogP contribution >= 0.6 is 0 Å². The molecule has 0 N–H and O–H groups in total. The minimum Gasteiger partial charge on any atom is -0.268 e. The van der Waals surface area contributed by atoms with E-state index in [0.29, 0.717) is 0 Å². The Labute approximate surface area is 178 Å². The summed E-state index contributed by atoms with van der Waals surface area (Å²) in [5.41, 5.74) is 8.55. The predicted molar refractivity (Wildman–Crippen MR) is 119 cm³/mol. The summed E-state index contributed by atoms with van der Waals surface area (Å²) in [7, 11) is 0. The molecule has 30 heavy (non-hydrogen) atoms. The molecule has 4 rings (SSSR count).